The van der Waals surface area contributed by atoms with E-state index in [0.29, 0.717) is 22.9 Å². The predicted molar refractivity (Wildman–Crippen MR) is 79.7 cm³/mol. The highest BCUT2D eigenvalue weighted by molar-refractivity contribution is 6.30. The fraction of sp³-hybridized carbons (Fsp3) is 0.250. The first-order chi connectivity index (χ1) is 9.61. The number of ether oxygens (including phenoxy) is 1. The van der Waals surface area contributed by atoms with Gasteiger partial charge in [-0.2, -0.15) is 0 Å². The van der Waals surface area contributed by atoms with Crippen LogP contribution in [0, 0.1) is 5.82 Å². The molecule has 2 nitrogen and oxygen atoms in total. The monoisotopic (exact) mass is 293 g/mol. The number of benzene rings is 2. The van der Waals surface area contributed by atoms with Gasteiger partial charge in [-0.15, -0.1) is 0 Å². The van der Waals surface area contributed by atoms with Crippen LogP contribution in [0.15, 0.2) is 42.5 Å². The van der Waals surface area contributed by atoms with Crippen molar-refractivity contribution in [3.63, 3.8) is 0 Å². The third-order valence-electron chi connectivity index (χ3n) is 3.16. The highest BCUT2D eigenvalue weighted by Crippen LogP contribution is 2.28. The maximum atomic E-state index is 13.9. The van der Waals surface area contributed by atoms with Crippen molar-refractivity contribution in [3.8, 4) is 5.75 Å². The van der Waals surface area contributed by atoms with Gasteiger partial charge in [0.2, 0.25) is 0 Å². The van der Waals surface area contributed by atoms with Crippen LogP contribution in [-0.2, 0) is 6.61 Å². The molecule has 0 aromatic heterocycles. The molecule has 0 aliphatic heterocycles. The lowest BCUT2D eigenvalue weighted by molar-refractivity contribution is 0.297. The largest absolute Gasteiger partial charge is 0.488 e. The molecule has 1 N–H and O–H groups in total. The summed E-state index contributed by atoms with van der Waals surface area (Å²) in [4.78, 5) is 0. The zero-order chi connectivity index (χ0) is 14.5. The van der Waals surface area contributed by atoms with E-state index in [9.17, 15) is 4.39 Å². The van der Waals surface area contributed by atoms with Gasteiger partial charge in [0, 0.05) is 16.6 Å². The van der Waals surface area contributed by atoms with E-state index in [-0.39, 0.29) is 11.9 Å². The van der Waals surface area contributed by atoms with E-state index in [1.54, 1.807) is 19.2 Å². The van der Waals surface area contributed by atoms with Crippen LogP contribution in [0.4, 0.5) is 4.39 Å². The van der Waals surface area contributed by atoms with Crippen LogP contribution in [0.25, 0.3) is 0 Å². The lowest BCUT2D eigenvalue weighted by Gasteiger charge is -2.17. The molecule has 0 saturated heterocycles. The first kappa shape index (κ1) is 14.8. The second-order valence-corrected chi connectivity index (χ2v) is 5.02. The normalized spacial score (nSPS) is 12.2. The van der Waals surface area contributed by atoms with Crippen LogP contribution < -0.4 is 10.1 Å². The summed E-state index contributed by atoms with van der Waals surface area (Å²) in [7, 11) is 1.79. The molecule has 0 heterocycles. The van der Waals surface area contributed by atoms with E-state index < -0.39 is 0 Å². The second kappa shape index (κ2) is 6.73. The van der Waals surface area contributed by atoms with Gasteiger partial charge >= 0.3 is 0 Å². The van der Waals surface area contributed by atoms with Crippen LogP contribution in [0.1, 0.15) is 24.1 Å². The Hall–Kier alpha value is -1.58. The van der Waals surface area contributed by atoms with Crippen molar-refractivity contribution < 1.29 is 9.13 Å². The highest BCUT2D eigenvalue weighted by atomic mass is 35.5. The number of hydrogen-bond acceptors (Lipinski definition) is 2. The number of hydrogen-bond donors (Lipinski definition) is 1. The molecule has 2 aromatic carbocycles. The molecule has 2 rings (SSSR count). The molecule has 0 aliphatic carbocycles. The van der Waals surface area contributed by atoms with Gasteiger partial charge in [0.1, 0.15) is 18.2 Å². The van der Waals surface area contributed by atoms with Gasteiger partial charge in [-0.05, 0) is 43.8 Å². The Bertz CT molecular complexity index is 588. The lowest BCUT2D eigenvalue weighted by atomic mass is 10.1. The Morgan fingerprint density at radius 1 is 1.25 bits per heavy atom. The minimum absolute atomic E-state index is 0.120. The minimum Gasteiger partial charge on any atom is -0.488 e. The van der Waals surface area contributed by atoms with Gasteiger partial charge in [-0.3, -0.25) is 0 Å². The van der Waals surface area contributed by atoms with E-state index >= 15 is 0 Å². The second-order valence-electron chi connectivity index (χ2n) is 4.58. The van der Waals surface area contributed by atoms with Crippen LogP contribution in [0.5, 0.6) is 5.75 Å². The molecule has 0 bridgehead atoms. The molecule has 1 unspecified atom stereocenters. The van der Waals surface area contributed by atoms with E-state index in [0.717, 1.165) is 5.56 Å². The Morgan fingerprint density at radius 2 is 2.00 bits per heavy atom. The van der Waals surface area contributed by atoms with Crippen LogP contribution >= 0.6 is 11.6 Å². The number of halogens is 2. The first-order valence-corrected chi connectivity index (χ1v) is 6.82. The summed E-state index contributed by atoms with van der Waals surface area (Å²) in [5.41, 5.74) is 1.49. The summed E-state index contributed by atoms with van der Waals surface area (Å²) in [5.74, 6) is 0.280. The third kappa shape index (κ3) is 3.50. The van der Waals surface area contributed by atoms with Crippen molar-refractivity contribution in [2.24, 2.45) is 0 Å². The zero-order valence-corrected chi connectivity index (χ0v) is 12.2. The third-order valence-corrected chi connectivity index (χ3v) is 3.40. The van der Waals surface area contributed by atoms with Gasteiger partial charge in [0.15, 0.2) is 0 Å². The molecule has 0 aliphatic rings. The van der Waals surface area contributed by atoms with Crippen molar-refractivity contribution in [2.45, 2.75) is 19.6 Å². The van der Waals surface area contributed by atoms with Gasteiger partial charge < -0.3 is 10.1 Å². The first-order valence-electron chi connectivity index (χ1n) is 6.44. The number of rotatable bonds is 5. The minimum atomic E-state index is -0.268. The molecular weight excluding hydrogens is 277 g/mol. The highest BCUT2D eigenvalue weighted by Gasteiger charge is 2.15. The standard InChI is InChI=1S/C16H17ClFNO/c1-11(19-2)16-14(18)7-4-8-15(16)20-10-12-5-3-6-13(17)9-12/h3-9,11,19H,10H2,1-2H3. The average Bonchev–Trinajstić information content (AvgIpc) is 2.44. The Kier molecular flexibility index (Phi) is 4.99. The topological polar surface area (TPSA) is 21.3 Å². The SMILES string of the molecule is CNC(C)c1c(F)cccc1OCc1cccc(Cl)c1. The van der Waals surface area contributed by atoms with Crippen LogP contribution in [-0.4, -0.2) is 7.05 Å². The smallest absolute Gasteiger partial charge is 0.131 e. The fourth-order valence-corrected chi connectivity index (χ4v) is 2.21. The van der Waals surface area contributed by atoms with E-state index in [1.807, 2.05) is 31.2 Å². The van der Waals surface area contributed by atoms with Crippen molar-refractivity contribution in [2.75, 3.05) is 7.05 Å². The van der Waals surface area contributed by atoms with Gasteiger partial charge in [-0.1, -0.05) is 29.8 Å². The molecule has 0 saturated carbocycles. The van der Waals surface area contributed by atoms with Gasteiger partial charge in [0.05, 0.1) is 0 Å². The number of nitrogens with one attached hydrogen (secondary N) is 1. The van der Waals surface area contributed by atoms with Crippen molar-refractivity contribution >= 4 is 11.6 Å². The van der Waals surface area contributed by atoms with Gasteiger partial charge in [0.25, 0.3) is 0 Å². The summed E-state index contributed by atoms with van der Waals surface area (Å²) < 4.78 is 19.7. The average molecular weight is 294 g/mol. The summed E-state index contributed by atoms with van der Waals surface area (Å²) in [5, 5.41) is 3.69. The molecule has 20 heavy (non-hydrogen) atoms. The molecular formula is C16H17ClFNO. The van der Waals surface area contributed by atoms with Gasteiger partial charge in [-0.25, -0.2) is 4.39 Å². The Labute approximate surface area is 123 Å². The molecule has 4 heteroatoms. The van der Waals surface area contributed by atoms with Crippen LogP contribution in [0.2, 0.25) is 5.02 Å². The van der Waals surface area contributed by atoms with E-state index in [2.05, 4.69) is 5.32 Å². The molecule has 0 amide bonds. The maximum Gasteiger partial charge on any atom is 0.131 e. The fourth-order valence-electron chi connectivity index (χ4n) is 2.00. The molecule has 0 spiro atoms. The molecule has 1 atom stereocenters. The lowest BCUT2D eigenvalue weighted by Crippen LogP contribution is -2.15. The molecule has 106 valence electrons. The molecule has 0 radical (unpaired) electrons. The Balaban J connectivity index is 2.19. The van der Waals surface area contributed by atoms with Crippen molar-refractivity contribution in [3.05, 3.63) is 64.4 Å². The summed E-state index contributed by atoms with van der Waals surface area (Å²) in [6.45, 7) is 2.25. The van der Waals surface area contributed by atoms with Crippen molar-refractivity contribution in [1.82, 2.24) is 5.32 Å². The molecule has 0 fully saturated rings. The quantitative estimate of drug-likeness (QED) is 0.885. The molecule has 2 aromatic rings. The van der Waals surface area contributed by atoms with Crippen molar-refractivity contribution in [1.29, 1.82) is 0 Å². The summed E-state index contributed by atoms with van der Waals surface area (Å²) >= 11 is 5.93. The maximum absolute atomic E-state index is 13.9. The summed E-state index contributed by atoms with van der Waals surface area (Å²) in [6, 6.07) is 12.2. The zero-order valence-electron chi connectivity index (χ0n) is 11.5. The summed E-state index contributed by atoms with van der Waals surface area (Å²) in [6.07, 6.45) is 0. The van der Waals surface area contributed by atoms with E-state index in [4.69, 9.17) is 16.3 Å². The van der Waals surface area contributed by atoms with Crippen LogP contribution in [0.3, 0.4) is 0 Å². The Morgan fingerprint density at radius 3 is 2.70 bits per heavy atom. The van der Waals surface area contributed by atoms with E-state index in [1.165, 1.54) is 6.07 Å². The predicted octanol–water partition coefficient (Wildman–Crippen LogP) is 4.34.